The SMILES string of the molecule is c1ccc(N(c2ccccc2)c2ccc(-c3ccc4ccc5cc6c(c7ccc3c4c57)c3ccccc3n6-c3cccc4ccccc34)cc2)cc1. The molecule has 0 N–H and O–H groups in total. The first-order chi connectivity index (χ1) is 25.8. The van der Waals surface area contributed by atoms with Crippen molar-refractivity contribution < 1.29 is 0 Å². The van der Waals surface area contributed by atoms with Gasteiger partial charge in [0.05, 0.1) is 16.7 Å². The van der Waals surface area contributed by atoms with Gasteiger partial charge in [0.25, 0.3) is 0 Å². The highest BCUT2D eigenvalue weighted by Gasteiger charge is 2.20. The maximum Gasteiger partial charge on any atom is 0.0553 e. The molecule has 0 bridgehead atoms. The number of rotatable bonds is 5. The van der Waals surface area contributed by atoms with E-state index < -0.39 is 0 Å². The van der Waals surface area contributed by atoms with E-state index in [4.69, 9.17) is 0 Å². The van der Waals surface area contributed by atoms with Crippen LogP contribution in [0.3, 0.4) is 0 Å². The summed E-state index contributed by atoms with van der Waals surface area (Å²) < 4.78 is 2.47. The van der Waals surface area contributed by atoms with Gasteiger partial charge in [0.1, 0.15) is 0 Å². The van der Waals surface area contributed by atoms with Crippen LogP contribution in [0.25, 0.3) is 81.7 Å². The van der Waals surface area contributed by atoms with Crippen molar-refractivity contribution in [3.63, 3.8) is 0 Å². The van der Waals surface area contributed by atoms with Gasteiger partial charge in [-0.1, -0.05) is 140 Å². The van der Waals surface area contributed by atoms with Crippen LogP contribution in [0.2, 0.25) is 0 Å². The number of hydrogen-bond acceptors (Lipinski definition) is 1. The van der Waals surface area contributed by atoms with Crippen molar-refractivity contribution >= 4 is 82.0 Å². The Bertz CT molecular complexity index is 3060. The molecule has 2 heteroatoms. The number of fused-ring (bicyclic) bond motifs is 5. The molecule has 0 fully saturated rings. The van der Waals surface area contributed by atoms with Crippen LogP contribution >= 0.6 is 0 Å². The third kappa shape index (κ3) is 4.25. The summed E-state index contributed by atoms with van der Waals surface area (Å²) in [6.07, 6.45) is 0. The van der Waals surface area contributed by atoms with Crippen LogP contribution in [0.5, 0.6) is 0 Å². The lowest BCUT2D eigenvalue weighted by Gasteiger charge is -2.25. The number of hydrogen-bond donors (Lipinski definition) is 0. The van der Waals surface area contributed by atoms with Gasteiger partial charge in [-0.25, -0.2) is 0 Å². The highest BCUT2D eigenvalue weighted by molar-refractivity contribution is 6.34. The zero-order valence-corrected chi connectivity index (χ0v) is 28.4. The van der Waals surface area contributed by atoms with Crippen LogP contribution in [0.4, 0.5) is 17.1 Å². The van der Waals surface area contributed by atoms with Gasteiger partial charge < -0.3 is 9.47 Å². The number of nitrogens with zero attached hydrogens (tertiary/aromatic N) is 2. The van der Waals surface area contributed by atoms with Gasteiger partial charge in [0.2, 0.25) is 0 Å². The van der Waals surface area contributed by atoms with Gasteiger partial charge in [0, 0.05) is 33.2 Å². The second-order valence-corrected chi connectivity index (χ2v) is 13.7. The zero-order chi connectivity index (χ0) is 34.2. The number of anilines is 3. The molecule has 0 aliphatic rings. The Kier molecular flexibility index (Phi) is 6.28. The summed E-state index contributed by atoms with van der Waals surface area (Å²) >= 11 is 0. The second kappa shape index (κ2) is 11.3. The van der Waals surface area contributed by atoms with Gasteiger partial charge >= 0.3 is 0 Å². The van der Waals surface area contributed by atoms with E-state index >= 15 is 0 Å². The highest BCUT2D eigenvalue weighted by atomic mass is 15.1. The molecule has 0 radical (unpaired) electrons. The molecule has 52 heavy (non-hydrogen) atoms. The quantitative estimate of drug-likeness (QED) is 0.167. The molecule has 0 saturated heterocycles. The van der Waals surface area contributed by atoms with Crippen molar-refractivity contribution in [1.82, 2.24) is 4.57 Å². The van der Waals surface area contributed by atoms with E-state index in [-0.39, 0.29) is 0 Å². The monoisotopic (exact) mass is 660 g/mol. The summed E-state index contributed by atoms with van der Waals surface area (Å²) in [6.45, 7) is 0. The molecule has 242 valence electrons. The van der Waals surface area contributed by atoms with Crippen molar-refractivity contribution in [3.8, 4) is 16.8 Å². The van der Waals surface area contributed by atoms with Crippen molar-refractivity contribution in [1.29, 1.82) is 0 Å². The van der Waals surface area contributed by atoms with E-state index in [0.29, 0.717) is 0 Å². The predicted octanol–water partition coefficient (Wildman–Crippen LogP) is 14.0. The van der Waals surface area contributed by atoms with Crippen molar-refractivity contribution in [2.24, 2.45) is 0 Å². The predicted molar refractivity (Wildman–Crippen MR) is 222 cm³/mol. The van der Waals surface area contributed by atoms with Gasteiger partial charge in [-0.2, -0.15) is 0 Å². The Balaban J connectivity index is 1.12. The first-order valence-electron chi connectivity index (χ1n) is 17.9. The van der Waals surface area contributed by atoms with Gasteiger partial charge in [-0.05, 0) is 103 Å². The summed E-state index contributed by atoms with van der Waals surface area (Å²) in [7, 11) is 0. The third-order valence-corrected chi connectivity index (χ3v) is 10.9. The fourth-order valence-corrected chi connectivity index (χ4v) is 8.64. The molecule has 11 rings (SSSR count). The normalized spacial score (nSPS) is 11.8. The molecule has 0 atom stereocenters. The van der Waals surface area contributed by atoms with Crippen LogP contribution in [-0.4, -0.2) is 4.57 Å². The van der Waals surface area contributed by atoms with Crippen LogP contribution in [0.15, 0.2) is 194 Å². The van der Waals surface area contributed by atoms with E-state index in [1.165, 1.54) is 81.7 Å². The van der Waals surface area contributed by atoms with Crippen molar-refractivity contribution in [2.75, 3.05) is 4.90 Å². The first-order valence-corrected chi connectivity index (χ1v) is 17.9. The zero-order valence-electron chi connectivity index (χ0n) is 28.4. The van der Waals surface area contributed by atoms with E-state index in [1.54, 1.807) is 0 Å². The fourth-order valence-electron chi connectivity index (χ4n) is 8.64. The molecular formula is C50H32N2. The topological polar surface area (TPSA) is 8.17 Å². The van der Waals surface area contributed by atoms with Crippen molar-refractivity contribution in [3.05, 3.63) is 194 Å². The minimum absolute atomic E-state index is 1.13. The lowest BCUT2D eigenvalue weighted by molar-refractivity contribution is 1.20. The van der Waals surface area contributed by atoms with E-state index in [1.807, 2.05) is 0 Å². The summed E-state index contributed by atoms with van der Waals surface area (Å²) in [5, 5.41) is 12.9. The molecule has 1 heterocycles. The van der Waals surface area contributed by atoms with E-state index in [0.717, 1.165) is 17.1 Å². The second-order valence-electron chi connectivity index (χ2n) is 13.7. The van der Waals surface area contributed by atoms with Gasteiger partial charge in [-0.15, -0.1) is 0 Å². The molecule has 0 amide bonds. The average molecular weight is 661 g/mol. The standard InChI is InChI=1S/C50H32N2/c1-3-14-37(15-4-1)51(38-16-5-2-6-17-38)39-27-24-34(25-28-39)40-29-26-35-22-23-36-32-47-50(44-31-30-42(40)48(35)49(36)44)43-19-9-10-20-46(43)52(47)45-21-11-13-33-12-7-8-18-41(33)45/h1-32H. The summed E-state index contributed by atoms with van der Waals surface area (Å²) in [6, 6.07) is 70.8. The third-order valence-electron chi connectivity index (χ3n) is 10.9. The molecule has 0 unspecified atom stereocenters. The van der Waals surface area contributed by atoms with Gasteiger partial charge in [-0.3, -0.25) is 0 Å². The van der Waals surface area contributed by atoms with E-state index in [2.05, 4.69) is 204 Å². The van der Waals surface area contributed by atoms with Crippen molar-refractivity contribution in [2.45, 2.75) is 0 Å². The minimum Gasteiger partial charge on any atom is -0.311 e. The minimum atomic E-state index is 1.13. The largest absolute Gasteiger partial charge is 0.311 e. The van der Waals surface area contributed by atoms with Gasteiger partial charge in [0.15, 0.2) is 0 Å². The lowest BCUT2D eigenvalue weighted by atomic mass is 9.88. The average Bonchev–Trinajstić information content (AvgIpc) is 3.54. The molecule has 10 aromatic carbocycles. The number of benzene rings is 10. The Labute approximate surface area is 301 Å². The van der Waals surface area contributed by atoms with Crippen LogP contribution in [-0.2, 0) is 0 Å². The molecule has 1 aromatic heterocycles. The lowest BCUT2D eigenvalue weighted by Crippen LogP contribution is -2.09. The van der Waals surface area contributed by atoms with Crippen LogP contribution < -0.4 is 4.90 Å². The Morgan fingerprint density at radius 2 is 0.923 bits per heavy atom. The summed E-state index contributed by atoms with van der Waals surface area (Å²) in [4.78, 5) is 2.31. The smallest absolute Gasteiger partial charge is 0.0553 e. The molecule has 0 aliphatic carbocycles. The number of aromatic nitrogens is 1. The molecule has 0 aliphatic heterocycles. The van der Waals surface area contributed by atoms with E-state index in [9.17, 15) is 0 Å². The fraction of sp³-hybridized carbons (Fsp3) is 0. The molecule has 0 saturated carbocycles. The maximum absolute atomic E-state index is 2.47. The Hall–Kier alpha value is -6.90. The van der Waals surface area contributed by atoms with Crippen LogP contribution in [0, 0.1) is 0 Å². The Morgan fingerprint density at radius 1 is 0.327 bits per heavy atom. The maximum atomic E-state index is 2.47. The Morgan fingerprint density at radius 3 is 1.71 bits per heavy atom. The van der Waals surface area contributed by atoms with Crippen LogP contribution in [0.1, 0.15) is 0 Å². The molecular weight excluding hydrogens is 629 g/mol. The summed E-state index contributed by atoms with van der Waals surface area (Å²) in [5.74, 6) is 0. The summed E-state index contributed by atoms with van der Waals surface area (Å²) in [5.41, 5.74) is 9.53. The molecule has 2 nitrogen and oxygen atoms in total. The number of para-hydroxylation sites is 3. The molecule has 0 spiro atoms. The first kappa shape index (κ1) is 28.9. The highest BCUT2D eigenvalue weighted by Crippen LogP contribution is 2.46. The molecule has 11 aromatic rings.